The molecule has 1 atom stereocenters. The molecule has 20 heavy (non-hydrogen) atoms. The molecule has 7 heteroatoms. The molecule has 0 bridgehead atoms. The Balaban J connectivity index is 2.22. The monoisotopic (exact) mass is 337 g/mol. The highest BCUT2D eigenvalue weighted by molar-refractivity contribution is 7.89. The van der Waals surface area contributed by atoms with E-state index in [1.807, 2.05) is 6.92 Å². The van der Waals surface area contributed by atoms with Crippen LogP contribution in [-0.2, 0) is 16.6 Å². The number of aliphatic hydroxyl groups is 1. The van der Waals surface area contributed by atoms with Crippen molar-refractivity contribution in [1.29, 1.82) is 0 Å². The number of halogens is 2. The van der Waals surface area contributed by atoms with Gasteiger partial charge in [0.05, 0.1) is 11.6 Å². The van der Waals surface area contributed by atoms with Gasteiger partial charge in [0, 0.05) is 11.6 Å². The van der Waals surface area contributed by atoms with E-state index >= 15 is 0 Å². The van der Waals surface area contributed by atoms with Crippen molar-refractivity contribution in [2.24, 2.45) is 11.8 Å². The molecule has 0 aromatic heterocycles. The lowest BCUT2D eigenvalue weighted by Crippen LogP contribution is -2.29. The maximum absolute atomic E-state index is 12.3. The first-order chi connectivity index (χ1) is 9.35. The van der Waals surface area contributed by atoms with Gasteiger partial charge in [-0.25, -0.2) is 13.1 Å². The number of hydrogen-bond acceptors (Lipinski definition) is 3. The Kier molecular flexibility index (Phi) is 4.97. The number of benzene rings is 1. The van der Waals surface area contributed by atoms with Crippen LogP contribution in [0.25, 0.3) is 0 Å². The molecule has 1 aromatic rings. The molecule has 1 unspecified atom stereocenters. The first kappa shape index (κ1) is 16.0. The number of rotatable bonds is 6. The third kappa shape index (κ3) is 3.65. The van der Waals surface area contributed by atoms with Gasteiger partial charge in [0.25, 0.3) is 0 Å². The second kappa shape index (κ2) is 6.20. The molecule has 112 valence electrons. The highest BCUT2D eigenvalue weighted by Gasteiger charge is 2.29. The summed E-state index contributed by atoms with van der Waals surface area (Å²) in [5, 5.41) is 9.42. The molecule has 1 fully saturated rings. The molecule has 1 aromatic carbocycles. The lowest BCUT2D eigenvalue weighted by molar-refractivity contribution is 0.281. The van der Waals surface area contributed by atoms with Gasteiger partial charge in [-0.15, -0.1) is 0 Å². The normalized spacial score (nSPS) is 17.2. The molecule has 4 nitrogen and oxygen atoms in total. The van der Waals surface area contributed by atoms with Crippen LogP contribution in [0.4, 0.5) is 0 Å². The fourth-order valence-electron chi connectivity index (χ4n) is 2.08. The standard InChI is InChI=1S/C13H17Cl2NO3S/c1-8(9-2-3-9)6-16-20(18,19)12-5-11(14)4-10(7-17)13(12)15/h4-5,8-9,16-17H,2-3,6-7H2,1H3. The quantitative estimate of drug-likeness (QED) is 0.838. The largest absolute Gasteiger partial charge is 0.392 e. The number of hydrogen-bond donors (Lipinski definition) is 2. The van der Waals surface area contributed by atoms with E-state index in [2.05, 4.69) is 4.72 Å². The van der Waals surface area contributed by atoms with Crippen molar-refractivity contribution in [2.45, 2.75) is 31.3 Å². The van der Waals surface area contributed by atoms with Gasteiger partial charge < -0.3 is 5.11 Å². The van der Waals surface area contributed by atoms with E-state index in [9.17, 15) is 13.5 Å². The molecule has 0 amide bonds. The van der Waals surface area contributed by atoms with Gasteiger partial charge in [0.1, 0.15) is 4.90 Å². The second-order valence-corrected chi connectivity index (χ2v) is 7.75. The molecule has 0 saturated heterocycles. The van der Waals surface area contributed by atoms with Crippen LogP contribution >= 0.6 is 23.2 Å². The third-order valence-electron chi connectivity index (χ3n) is 3.56. The molecule has 2 N–H and O–H groups in total. The average Bonchev–Trinajstić information content (AvgIpc) is 3.22. The summed E-state index contributed by atoms with van der Waals surface area (Å²) in [7, 11) is -3.72. The Hall–Kier alpha value is -0.330. The van der Waals surface area contributed by atoms with Crippen LogP contribution < -0.4 is 4.72 Å². The summed E-state index contributed by atoms with van der Waals surface area (Å²) in [5.74, 6) is 0.917. The summed E-state index contributed by atoms with van der Waals surface area (Å²) < 4.78 is 27.1. The fraction of sp³-hybridized carbons (Fsp3) is 0.538. The minimum Gasteiger partial charge on any atom is -0.392 e. The summed E-state index contributed by atoms with van der Waals surface area (Å²) in [6.07, 6.45) is 2.32. The molecule has 0 spiro atoms. The summed E-state index contributed by atoms with van der Waals surface area (Å²) >= 11 is 11.9. The zero-order chi connectivity index (χ0) is 14.9. The van der Waals surface area contributed by atoms with E-state index in [4.69, 9.17) is 23.2 Å². The smallest absolute Gasteiger partial charge is 0.242 e. The minimum absolute atomic E-state index is 0.0171. The molecular formula is C13H17Cl2NO3S. The van der Waals surface area contributed by atoms with Crippen molar-refractivity contribution in [2.75, 3.05) is 6.54 Å². The van der Waals surface area contributed by atoms with E-state index in [-0.39, 0.29) is 21.5 Å². The molecule has 2 rings (SSSR count). The zero-order valence-electron chi connectivity index (χ0n) is 11.1. The Morgan fingerprint density at radius 3 is 2.60 bits per heavy atom. The highest BCUT2D eigenvalue weighted by atomic mass is 35.5. The fourth-order valence-corrected chi connectivity index (χ4v) is 4.15. The lowest BCUT2D eigenvalue weighted by Gasteiger charge is -2.14. The van der Waals surface area contributed by atoms with E-state index in [1.165, 1.54) is 12.1 Å². The van der Waals surface area contributed by atoms with Gasteiger partial charge in [0.15, 0.2) is 0 Å². The van der Waals surface area contributed by atoms with Gasteiger partial charge in [-0.3, -0.25) is 0 Å². The van der Waals surface area contributed by atoms with Gasteiger partial charge in [-0.05, 0) is 42.4 Å². The van der Waals surface area contributed by atoms with E-state index in [0.29, 0.717) is 23.9 Å². The van der Waals surface area contributed by atoms with Crippen molar-refractivity contribution in [3.8, 4) is 0 Å². The number of nitrogens with one attached hydrogen (secondary N) is 1. The molecule has 1 aliphatic rings. The Morgan fingerprint density at radius 1 is 1.40 bits per heavy atom. The number of aliphatic hydroxyl groups excluding tert-OH is 1. The van der Waals surface area contributed by atoms with Crippen molar-refractivity contribution in [3.63, 3.8) is 0 Å². The Morgan fingerprint density at radius 2 is 2.05 bits per heavy atom. The Bertz CT molecular complexity index is 600. The highest BCUT2D eigenvalue weighted by Crippen LogP contribution is 2.36. The maximum atomic E-state index is 12.3. The Labute approximate surface area is 129 Å². The average molecular weight is 338 g/mol. The van der Waals surface area contributed by atoms with E-state index < -0.39 is 10.0 Å². The van der Waals surface area contributed by atoms with Crippen LogP contribution in [0, 0.1) is 11.8 Å². The SMILES string of the molecule is CC(CNS(=O)(=O)c1cc(Cl)cc(CO)c1Cl)C1CC1. The van der Waals surface area contributed by atoms with E-state index in [0.717, 1.165) is 12.8 Å². The predicted octanol–water partition coefficient (Wildman–Crippen LogP) is 2.81. The van der Waals surface area contributed by atoms with E-state index in [1.54, 1.807) is 0 Å². The summed E-state index contributed by atoms with van der Waals surface area (Å²) in [4.78, 5) is -0.0845. The lowest BCUT2D eigenvalue weighted by atomic mass is 10.1. The molecule has 1 saturated carbocycles. The first-order valence-corrected chi connectivity index (χ1v) is 8.67. The van der Waals surface area contributed by atoms with Crippen LogP contribution in [0.15, 0.2) is 17.0 Å². The predicted molar refractivity (Wildman–Crippen MR) is 79.5 cm³/mol. The summed E-state index contributed by atoms with van der Waals surface area (Å²) in [6.45, 7) is 2.05. The van der Waals surface area contributed by atoms with Crippen LogP contribution in [0.5, 0.6) is 0 Å². The molecule has 0 heterocycles. The van der Waals surface area contributed by atoms with Crippen LogP contribution in [-0.4, -0.2) is 20.1 Å². The van der Waals surface area contributed by atoms with Crippen molar-refractivity contribution in [3.05, 3.63) is 27.7 Å². The summed E-state index contributed by atoms with van der Waals surface area (Å²) in [6, 6.07) is 2.75. The van der Waals surface area contributed by atoms with Gasteiger partial charge in [0.2, 0.25) is 10.0 Å². The first-order valence-electron chi connectivity index (χ1n) is 6.43. The zero-order valence-corrected chi connectivity index (χ0v) is 13.4. The molecular weight excluding hydrogens is 321 g/mol. The van der Waals surface area contributed by atoms with Crippen LogP contribution in [0.2, 0.25) is 10.0 Å². The maximum Gasteiger partial charge on any atom is 0.242 e. The van der Waals surface area contributed by atoms with Gasteiger partial charge >= 0.3 is 0 Å². The van der Waals surface area contributed by atoms with Crippen molar-refractivity contribution >= 4 is 33.2 Å². The number of sulfonamides is 1. The topological polar surface area (TPSA) is 66.4 Å². The summed E-state index contributed by atoms with van der Waals surface area (Å²) in [5.41, 5.74) is 0.301. The minimum atomic E-state index is -3.72. The van der Waals surface area contributed by atoms with Crippen LogP contribution in [0.3, 0.4) is 0 Å². The third-order valence-corrected chi connectivity index (χ3v) is 5.79. The van der Waals surface area contributed by atoms with Gasteiger partial charge in [-0.2, -0.15) is 0 Å². The molecule has 0 radical (unpaired) electrons. The molecule has 1 aliphatic carbocycles. The van der Waals surface area contributed by atoms with Crippen molar-refractivity contribution < 1.29 is 13.5 Å². The molecule has 0 aliphatic heterocycles. The van der Waals surface area contributed by atoms with Crippen LogP contribution in [0.1, 0.15) is 25.3 Å². The van der Waals surface area contributed by atoms with Crippen molar-refractivity contribution in [1.82, 2.24) is 4.72 Å². The second-order valence-electron chi connectivity index (χ2n) is 5.20. The van der Waals surface area contributed by atoms with Gasteiger partial charge in [-0.1, -0.05) is 30.1 Å².